The molecule has 154 valence electrons. The number of benzene rings is 3. The van der Waals surface area contributed by atoms with Crippen LogP contribution in [0.2, 0.25) is 5.02 Å². The van der Waals surface area contributed by atoms with Gasteiger partial charge in [-0.3, -0.25) is 4.79 Å². The molecule has 3 aromatic carbocycles. The third-order valence-corrected chi connectivity index (χ3v) is 4.64. The minimum absolute atomic E-state index is 0.157. The van der Waals surface area contributed by atoms with Crippen LogP contribution in [-0.2, 0) is 4.79 Å². The van der Waals surface area contributed by atoms with Gasteiger partial charge in [-0.05, 0) is 48.5 Å². The van der Waals surface area contributed by atoms with Gasteiger partial charge in [-0.1, -0.05) is 41.9 Å². The van der Waals surface area contributed by atoms with E-state index in [1.54, 1.807) is 59.4 Å². The van der Waals surface area contributed by atoms with E-state index in [0.29, 0.717) is 16.3 Å². The molecule has 0 atom stereocenters. The second kappa shape index (κ2) is 9.28. The van der Waals surface area contributed by atoms with E-state index in [-0.39, 0.29) is 23.7 Å². The summed E-state index contributed by atoms with van der Waals surface area (Å²) < 4.78 is 12.4. The fraction of sp³-hybridized carbons (Fsp3) is 0.0417. The Balaban J connectivity index is 1.46. The zero-order valence-corrected chi connectivity index (χ0v) is 17.0. The number of esters is 1. The van der Waals surface area contributed by atoms with Crippen LogP contribution >= 0.6 is 11.6 Å². The topological polar surface area (TPSA) is 70.4 Å². The smallest absolute Gasteiger partial charge is 0.349 e. The van der Waals surface area contributed by atoms with Crippen LogP contribution in [0.15, 0.2) is 91.3 Å². The van der Waals surface area contributed by atoms with Crippen molar-refractivity contribution in [3.8, 4) is 17.2 Å². The van der Waals surface area contributed by atoms with Gasteiger partial charge in [0.1, 0.15) is 11.5 Å². The van der Waals surface area contributed by atoms with Gasteiger partial charge in [-0.15, -0.1) is 0 Å². The lowest BCUT2D eigenvalue weighted by Crippen LogP contribution is -2.19. The van der Waals surface area contributed by atoms with Crippen molar-refractivity contribution >= 4 is 23.4 Å². The molecule has 0 aliphatic rings. The minimum Gasteiger partial charge on any atom is -0.482 e. The molecule has 0 aliphatic heterocycles. The summed E-state index contributed by atoms with van der Waals surface area (Å²) in [6.07, 6.45) is 3.12. The Kier molecular flexibility index (Phi) is 6.10. The van der Waals surface area contributed by atoms with Crippen LogP contribution in [0.1, 0.15) is 15.9 Å². The van der Waals surface area contributed by atoms with Gasteiger partial charge in [0.25, 0.3) is 0 Å². The molecule has 4 aromatic rings. The molecule has 0 saturated heterocycles. The first kappa shape index (κ1) is 20.4. The number of para-hydroxylation sites is 2. The largest absolute Gasteiger partial charge is 0.482 e. The van der Waals surface area contributed by atoms with Crippen LogP contribution < -0.4 is 9.47 Å². The molecule has 0 N–H and O–H groups in total. The number of aromatic nitrogens is 2. The molecule has 0 unspecified atom stereocenters. The number of ketones is 1. The van der Waals surface area contributed by atoms with E-state index in [4.69, 9.17) is 21.1 Å². The van der Waals surface area contributed by atoms with Crippen LogP contribution in [0.5, 0.6) is 11.5 Å². The maximum absolute atomic E-state index is 13.0. The highest BCUT2D eigenvalue weighted by Gasteiger charge is 2.18. The average molecular weight is 433 g/mol. The van der Waals surface area contributed by atoms with Gasteiger partial charge in [0.2, 0.25) is 0 Å². The highest BCUT2D eigenvalue weighted by molar-refractivity contribution is 6.30. The monoisotopic (exact) mass is 432 g/mol. The van der Waals surface area contributed by atoms with Crippen molar-refractivity contribution < 1.29 is 19.1 Å². The van der Waals surface area contributed by atoms with Gasteiger partial charge >= 0.3 is 5.97 Å². The molecule has 7 heteroatoms. The normalized spacial score (nSPS) is 10.5. The van der Waals surface area contributed by atoms with Crippen molar-refractivity contribution in [1.82, 2.24) is 9.78 Å². The molecule has 0 spiro atoms. The summed E-state index contributed by atoms with van der Waals surface area (Å²) in [5.74, 6) is -0.289. The third kappa shape index (κ3) is 4.99. The van der Waals surface area contributed by atoms with Gasteiger partial charge in [0.05, 0.1) is 23.0 Å². The molecule has 31 heavy (non-hydrogen) atoms. The summed E-state index contributed by atoms with van der Waals surface area (Å²) in [6.45, 7) is -0.309. The second-order valence-electron chi connectivity index (χ2n) is 6.55. The predicted molar refractivity (Wildman–Crippen MR) is 116 cm³/mol. The van der Waals surface area contributed by atoms with Crippen LogP contribution in [0, 0.1) is 0 Å². The maximum atomic E-state index is 13.0. The lowest BCUT2D eigenvalue weighted by atomic mass is 10.1. The molecule has 0 fully saturated rings. The number of hydrogen-bond acceptors (Lipinski definition) is 5. The number of rotatable bonds is 7. The van der Waals surface area contributed by atoms with E-state index in [0.717, 1.165) is 5.69 Å². The first-order valence-electron chi connectivity index (χ1n) is 9.43. The van der Waals surface area contributed by atoms with Crippen molar-refractivity contribution in [1.29, 1.82) is 0 Å². The quantitative estimate of drug-likeness (QED) is 0.239. The van der Waals surface area contributed by atoms with E-state index in [1.807, 2.05) is 30.3 Å². The number of nitrogens with zero attached hydrogens (tertiary/aromatic N) is 2. The van der Waals surface area contributed by atoms with Gasteiger partial charge < -0.3 is 9.47 Å². The molecule has 0 radical (unpaired) electrons. The SMILES string of the molecule is O=C(COc1ccc(Cl)cc1)Oc1ccccc1C(=O)c1cnn(-c2ccccc2)c1. The summed E-state index contributed by atoms with van der Waals surface area (Å²) >= 11 is 5.83. The Morgan fingerprint density at radius 3 is 2.39 bits per heavy atom. The highest BCUT2D eigenvalue weighted by atomic mass is 35.5. The van der Waals surface area contributed by atoms with Gasteiger partial charge in [0, 0.05) is 11.2 Å². The minimum atomic E-state index is -0.629. The summed E-state index contributed by atoms with van der Waals surface area (Å²) in [6, 6.07) is 22.6. The van der Waals surface area contributed by atoms with Gasteiger partial charge in [0.15, 0.2) is 12.4 Å². The predicted octanol–water partition coefficient (Wildman–Crippen LogP) is 4.74. The lowest BCUT2D eigenvalue weighted by Gasteiger charge is -2.10. The van der Waals surface area contributed by atoms with Crippen molar-refractivity contribution in [2.45, 2.75) is 0 Å². The second-order valence-corrected chi connectivity index (χ2v) is 6.99. The number of ether oxygens (including phenoxy) is 2. The van der Waals surface area contributed by atoms with Crippen molar-refractivity contribution in [2.24, 2.45) is 0 Å². The maximum Gasteiger partial charge on any atom is 0.349 e. The van der Waals surface area contributed by atoms with Gasteiger partial charge in [-0.2, -0.15) is 5.10 Å². The van der Waals surface area contributed by atoms with Crippen molar-refractivity contribution in [3.63, 3.8) is 0 Å². The Labute approximate surface area is 183 Å². The summed E-state index contributed by atoms with van der Waals surface area (Å²) in [5.41, 5.74) is 1.47. The molecule has 6 nitrogen and oxygen atoms in total. The molecule has 0 saturated carbocycles. The zero-order valence-electron chi connectivity index (χ0n) is 16.3. The zero-order chi connectivity index (χ0) is 21.6. The van der Waals surface area contributed by atoms with E-state index >= 15 is 0 Å². The molecule has 0 aliphatic carbocycles. The Hall–Kier alpha value is -3.90. The fourth-order valence-electron chi connectivity index (χ4n) is 2.89. The first-order chi connectivity index (χ1) is 15.1. The summed E-state index contributed by atoms with van der Waals surface area (Å²) in [7, 11) is 0. The van der Waals surface area contributed by atoms with Crippen LogP contribution in [0.3, 0.4) is 0 Å². The third-order valence-electron chi connectivity index (χ3n) is 4.39. The molecular formula is C24H17ClN2O4. The molecular weight excluding hydrogens is 416 g/mol. The molecule has 1 aromatic heterocycles. The Morgan fingerprint density at radius 1 is 0.903 bits per heavy atom. The number of carbonyl (C=O) groups is 2. The first-order valence-corrected chi connectivity index (χ1v) is 9.81. The van der Waals surface area contributed by atoms with E-state index in [9.17, 15) is 9.59 Å². The summed E-state index contributed by atoms with van der Waals surface area (Å²) in [5, 5.41) is 4.82. The number of hydrogen-bond donors (Lipinski definition) is 0. The molecule has 4 rings (SSSR count). The summed E-state index contributed by atoms with van der Waals surface area (Å²) in [4.78, 5) is 25.3. The van der Waals surface area contributed by atoms with E-state index < -0.39 is 5.97 Å². The fourth-order valence-corrected chi connectivity index (χ4v) is 3.01. The lowest BCUT2D eigenvalue weighted by molar-refractivity contribution is -0.136. The van der Waals surface area contributed by atoms with Crippen molar-refractivity contribution in [2.75, 3.05) is 6.61 Å². The highest BCUT2D eigenvalue weighted by Crippen LogP contribution is 2.22. The number of carbonyl (C=O) groups excluding carboxylic acids is 2. The molecule has 0 bridgehead atoms. The van der Waals surface area contributed by atoms with Crippen LogP contribution in [0.4, 0.5) is 0 Å². The molecule has 1 heterocycles. The number of halogens is 1. The van der Waals surface area contributed by atoms with Gasteiger partial charge in [-0.25, -0.2) is 9.48 Å². The average Bonchev–Trinajstić information content (AvgIpc) is 3.30. The molecule has 0 amide bonds. The van der Waals surface area contributed by atoms with Crippen LogP contribution in [0.25, 0.3) is 5.69 Å². The standard InChI is InChI=1S/C24H17ClN2O4/c25-18-10-12-20(13-11-18)30-16-23(28)31-22-9-5-4-8-21(22)24(29)17-14-26-27(15-17)19-6-2-1-3-7-19/h1-15H,16H2. The van der Waals surface area contributed by atoms with Crippen LogP contribution in [-0.4, -0.2) is 28.1 Å². The van der Waals surface area contributed by atoms with E-state index in [2.05, 4.69) is 5.10 Å². The Morgan fingerprint density at radius 2 is 1.61 bits per heavy atom. The Bertz CT molecular complexity index is 1200. The van der Waals surface area contributed by atoms with E-state index in [1.165, 1.54) is 6.20 Å². The van der Waals surface area contributed by atoms with Crippen molar-refractivity contribution in [3.05, 3.63) is 107 Å².